The average Bonchev–Trinajstić information content (AvgIpc) is 3.21. The normalized spacial score (nSPS) is 11.9. The molecule has 9 heteroatoms. The van der Waals surface area contributed by atoms with Crippen molar-refractivity contribution >= 4 is 21.1 Å². The van der Waals surface area contributed by atoms with Crippen LogP contribution in [0.25, 0.3) is 22.2 Å². The van der Waals surface area contributed by atoms with E-state index in [0.717, 1.165) is 27.3 Å². The summed E-state index contributed by atoms with van der Waals surface area (Å²) in [7, 11) is -2.16. The van der Waals surface area contributed by atoms with Gasteiger partial charge in [0.25, 0.3) is 10.0 Å². The molecule has 3 heterocycles. The molecule has 0 radical (unpaired) electrons. The van der Waals surface area contributed by atoms with Gasteiger partial charge in [-0.25, -0.2) is 4.39 Å². The Kier molecular flexibility index (Phi) is 3.39. The number of fused-ring (bicyclic) bond motifs is 1. The van der Waals surface area contributed by atoms with Gasteiger partial charge >= 0.3 is 0 Å². The van der Waals surface area contributed by atoms with Crippen molar-refractivity contribution < 1.29 is 12.8 Å². The van der Waals surface area contributed by atoms with Crippen molar-refractivity contribution in [1.82, 2.24) is 24.0 Å². The number of hydrogen-bond acceptors (Lipinski definition) is 5. The fourth-order valence-corrected chi connectivity index (χ4v) is 3.77. The zero-order valence-electron chi connectivity index (χ0n) is 13.0. The van der Waals surface area contributed by atoms with E-state index in [9.17, 15) is 12.8 Å². The molecule has 4 rings (SSSR count). The second kappa shape index (κ2) is 5.49. The standard InChI is InChI=1S/C16H12FN5O2S/c1-21-10-12(8-19-21)11-6-16-15(18-7-11)9-20-22(16)25(23,24)14-4-2-13(17)3-5-14/h2-10H,1H3. The first kappa shape index (κ1) is 15.5. The van der Waals surface area contributed by atoms with Crippen molar-refractivity contribution in [3.05, 3.63) is 60.9 Å². The second-order valence-electron chi connectivity index (χ2n) is 5.48. The molecule has 0 aliphatic rings. The molecule has 0 saturated heterocycles. The Morgan fingerprint density at radius 1 is 1.00 bits per heavy atom. The van der Waals surface area contributed by atoms with Gasteiger partial charge in [-0.2, -0.15) is 22.7 Å². The van der Waals surface area contributed by atoms with Crippen LogP contribution in [0.4, 0.5) is 4.39 Å². The van der Waals surface area contributed by atoms with E-state index in [0.29, 0.717) is 11.0 Å². The predicted octanol–water partition coefficient (Wildman–Crippen LogP) is 2.21. The fourth-order valence-electron chi connectivity index (χ4n) is 2.51. The van der Waals surface area contributed by atoms with Crippen molar-refractivity contribution in [3.63, 3.8) is 0 Å². The Balaban J connectivity index is 1.88. The van der Waals surface area contributed by atoms with Gasteiger partial charge in [-0.05, 0) is 30.3 Å². The minimum absolute atomic E-state index is 0.0503. The second-order valence-corrected chi connectivity index (χ2v) is 7.24. The van der Waals surface area contributed by atoms with E-state index in [1.54, 1.807) is 36.4 Å². The van der Waals surface area contributed by atoms with Crippen LogP contribution >= 0.6 is 0 Å². The molecule has 1 aromatic carbocycles. The van der Waals surface area contributed by atoms with E-state index in [1.807, 2.05) is 0 Å². The molecule has 7 nitrogen and oxygen atoms in total. The summed E-state index contributed by atoms with van der Waals surface area (Å²) in [5.41, 5.74) is 2.31. The van der Waals surface area contributed by atoms with Crippen LogP contribution in [0, 0.1) is 5.82 Å². The maximum absolute atomic E-state index is 13.1. The molecular formula is C16H12FN5O2S. The summed E-state index contributed by atoms with van der Waals surface area (Å²) >= 11 is 0. The molecule has 0 N–H and O–H groups in total. The predicted molar refractivity (Wildman–Crippen MR) is 88.7 cm³/mol. The van der Waals surface area contributed by atoms with E-state index in [4.69, 9.17) is 0 Å². The van der Waals surface area contributed by atoms with Crippen LogP contribution in [-0.4, -0.2) is 32.4 Å². The van der Waals surface area contributed by atoms with Crippen molar-refractivity contribution in [3.8, 4) is 11.1 Å². The molecular weight excluding hydrogens is 345 g/mol. The van der Waals surface area contributed by atoms with Gasteiger partial charge in [0.2, 0.25) is 0 Å². The zero-order valence-corrected chi connectivity index (χ0v) is 13.9. The van der Waals surface area contributed by atoms with Crippen LogP contribution in [0.3, 0.4) is 0 Å². The Morgan fingerprint density at radius 2 is 1.76 bits per heavy atom. The van der Waals surface area contributed by atoms with E-state index in [1.165, 1.54) is 18.3 Å². The largest absolute Gasteiger partial charge is 0.283 e. The van der Waals surface area contributed by atoms with Crippen LogP contribution in [-0.2, 0) is 17.1 Å². The van der Waals surface area contributed by atoms with Gasteiger partial charge in [0.05, 0.1) is 17.3 Å². The Bertz CT molecular complexity index is 1180. The first-order valence-corrected chi connectivity index (χ1v) is 8.73. The summed E-state index contributed by atoms with van der Waals surface area (Å²) in [6, 6.07) is 6.29. The van der Waals surface area contributed by atoms with Gasteiger partial charge in [0.1, 0.15) is 16.9 Å². The van der Waals surface area contributed by atoms with Crippen molar-refractivity contribution in [2.75, 3.05) is 0 Å². The van der Waals surface area contributed by atoms with E-state index in [2.05, 4.69) is 15.2 Å². The van der Waals surface area contributed by atoms with E-state index >= 15 is 0 Å². The Morgan fingerprint density at radius 3 is 2.44 bits per heavy atom. The number of benzene rings is 1. The number of aromatic nitrogens is 5. The van der Waals surface area contributed by atoms with Crippen molar-refractivity contribution in [1.29, 1.82) is 0 Å². The lowest BCUT2D eigenvalue weighted by Crippen LogP contribution is -2.14. The SMILES string of the molecule is Cn1cc(-c2cnc3cnn(S(=O)(=O)c4ccc(F)cc4)c3c2)cn1. The minimum Gasteiger partial charge on any atom is -0.275 e. The summed E-state index contributed by atoms with van der Waals surface area (Å²) in [6.45, 7) is 0. The molecule has 0 unspecified atom stereocenters. The number of aryl methyl sites for hydroxylation is 1. The van der Waals surface area contributed by atoms with Gasteiger partial charge in [-0.3, -0.25) is 9.67 Å². The van der Waals surface area contributed by atoms with Crippen LogP contribution in [0.15, 0.2) is 60.0 Å². The molecule has 0 fully saturated rings. The quantitative estimate of drug-likeness (QED) is 0.561. The van der Waals surface area contributed by atoms with Crippen LogP contribution in [0.1, 0.15) is 0 Å². The van der Waals surface area contributed by atoms with Crippen molar-refractivity contribution in [2.24, 2.45) is 7.05 Å². The maximum Gasteiger partial charge on any atom is 0.283 e. The molecule has 0 atom stereocenters. The molecule has 4 aromatic rings. The topological polar surface area (TPSA) is 82.7 Å². The lowest BCUT2D eigenvalue weighted by Gasteiger charge is -2.06. The number of rotatable bonds is 3. The highest BCUT2D eigenvalue weighted by Gasteiger charge is 2.21. The lowest BCUT2D eigenvalue weighted by molar-refractivity contribution is 0.581. The molecule has 0 spiro atoms. The lowest BCUT2D eigenvalue weighted by atomic mass is 10.1. The van der Waals surface area contributed by atoms with E-state index in [-0.39, 0.29) is 4.90 Å². The summed E-state index contributed by atoms with van der Waals surface area (Å²) in [5, 5.41) is 8.06. The third-order valence-electron chi connectivity index (χ3n) is 3.77. The Hall–Kier alpha value is -3.07. The molecule has 0 aliphatic heterocycles. The molecule has 0 bridgehead atoms. The first-order chi connectivity index (χ1) is 11.9. The number of halogens is 1. The molecule has 0 saturated carbocycles. The Labute approximate surface area is 142 Å². The maximum atomic E-state index is 13.1. The van der Waals surface area contributed by atoms with Crippen molar-refractivity contribution in [2.45, 2.75) is 4.90 Å². The van der Waals surface area contributed by atoms with Crippen LogP contribution in [0.2, 0.25) is 0 Å². The smallest absolute Gasteiger partial charge is 0.275 e. The van der Waals surface area contributed by atoms with Gasteiger partial charge in [0, 0.05) is 30.6 Å². The summed E-state index contributed by atoms with van der Waals surface area (Å²) in [4.78, 5) is 4.21. The number of nitrogens with zero attached hydrogens (tertiary/aromatic N) is 5. The molecule has 0 amide bonds. The van der Waals surface area contributed by atoms with E-state index < -0.39 is 15.8 Å². The highest BCUT2D eigenvalue weighted by atomic mass is 32.2. The first-order valence-electron chi connectivity index (χ1n) is 7.29. The number of pyridine rings is 1. The van der Waals surface area contributed by atoms with Crippen LogP contribution in [0.5, 0.6) is 0 Å². The minimum atomic E-state index is -3.95. The summed E-state index contributed by atoms with van der Waals surface area (Å²) in [5.74, 6) is -0.509. The molecule has 0 aliphatic carbocycles. The fraction of sp³-hybridized carbons (Fsp3) is 0.0625. The molecule has 3 aromatic heterocycles. The van der Waals surface area contributed by atoms with Gasteiger partial charge < -0.3 is 0 Å². The van der Waals surface area contributed by atoms with Gasteiger partial charge in [-0.1, -0.05) is 0 Å². The monoisotopic (exact) mass is 357 g/mol. The number of hydrogen-bond donors (Lipinski definition) is 0. The molecule has 126 valence electrons. The van der Waals surface area contributed by atoms with Crippen LogP contribution < -0.4 is 0 Å². The van der Waals surface area contributed by atoms with Gasteiger partial charge in [-0.15, -0.1) is 0 Å². The zero-order chi connectivity index (χ0) is 17.6. The summed E-state index contributed by atoms with van der Waals surface area (Å²) in [6.07, 6.45) is 6.48. The molecule has 25 heavy (non-hydrogen) atoms. The third kappa shape index (κ3) is 2.58. The third-order valence-corrected chi connectivity index (χ3v) is 5.38. The summed E-state index contributed by atoms with van der Waals surface area (Å²) < 4.78 is 41.2. The van der Waals surface area contributed by atoms with Gasteiger partial charge in [0.15, 0.2) is 0 Å². The highest BCUT2D eigenvalue weighted by Crippen LogP contribution is 2.24. The highest BCUT2D eigenvalue weighted by molar-refractivity contribution is 7.90. The average molecular weight is 357 g/mol.